The monoisotopic (exact) mass is 522 g/mol. The van der Waals surface area contributed by atoms with Crippen LogP contribution in [0.3, 0.4) is 0 Å². The Morgan fingerprint density at radius 2 is 1.72 bits per heavy atom. The third-order valence-corrected chi connectivity index (χ3v) is 7.17. The number of amides is 1. The molecular formula is C32H34N4O3. The molecule has 0 aliphatic heterocycles. The van der Waals surface area contributed by atoms with Gasteiger partial charge in [0.1, 0.15) is 16.9 Å². The first kappa shape index (κ1) is 26.4. The quantitative estimate of drug-likeness (QED) is 0.233. The van der Waals surface area contributed by atoms with Gasteiger partial charge in [-0.3, -0.25) is 14.2 Å². The van der Waals surface area contributed by atoms with Crippen molar-refractivity contribution in [1.29, 1.82) is 0 Å². The molecule has 2 N–H and O–H groups in total. The van der Waals surface area contributed by atoms with E-state index < -0.39 is 6.04 Å². The molecule has 0 radical (unpaired) electrons. The Kier molecular flexibility index (Phi) is 7.89. The number of hydrogen-bond acceptors (Lipinski definition) is 5. The summed E-state index contributed by atoms with van der Waals surface area (Å²) in [6.45, 7) is 5.40. The third kappa shape index (κ3) is 5.36. The molecule has 3 aromatic carbocycles. The summed E-state index contributed by atoms with van der Waals surface area (Å²) in [6, 6.07) is 24.5. The van der Waals surface area contributed by atoms with Crippen LogP contribution in [0.25, 0.3) is 22.1 Å². The number of furan rings is 1. The highest BCUT2D eigenvalue weighted by atomic mass is 16.3. The molecule has 0 saturated carbocycles. The molecule has 39 heavy (non-hydrogen) atoms. The van der Waals surface area contributed by atoms with Gasteiger partial charge in [0.2, 0.25) is 5.58 Å². The molecule has 7 nitrogen and oxygen atoms in total. The number of carbonyl (C=O) groups is 1. The Balaban J connectivity index is 1.70. The Morgan fingerprint density at radius 3 is 2.44 bits per heavy atom. The highest BCUT2D eigenvalue weighted by Gasteiger charge is 2.30. The molecule has 0 aliphatic rings. The second kappa shape index (κ2) is 11.7. The van der Waals surface area contributed by atoms with Crippen LogP contribution in [-0.2, 0) is 6.54 Å². The zero-order chi connectivity index (χ0) is 27.4. The first-order valence-electron chi connectivity index (χ1n) is 13.6. The van der Waals surface area contributed by atoms with Crippen molar-refractivity contribution in [3.05, 3.63) is 112 Å². The van der Waals surface area contributed by atoms with E-state index in [0.29, 0.717) is 48.5 Å². The molecule has 0 saturated heterocycles. The molecule has 0 aliphatic carbocycles. The van der Waals surface area contributed by atoms with Crippen LogP contribution >= 0.6 is 0 Å². The average Bonchev–Trinajstić information content (AvgIpc) is 3.34. The molecule has 200 valence electrons. The van der Waals surface area contributed by atoms with Crippen molar-refractivity contribution in [2.45, 2.75) is 45.7 Å². The van der Waals surface area contributed by atoms with E-state index >= 15 is 0 Å². The van der Waals surface area contributed by atoms with E-state index in [4.69, 9.17) is 15.1 Å². The minimum absolute atomic E-state index is 0.0865. The summed E-state index contributed by atoms with van der Waals surface area (Å²) in [4.78, 5) is 34.9. The first-order valence-corrected chi connectivity index (χ1v) is 13.6. The van der Waals surface area contributed by atoms with Gasteiger partial charge in [0.25, 0.3) is 11.5 Å². The molecule has 0 bridgehead atoms. The Hall–Kier alpha value is -4.23. The molecule has 2 aromatic heterocycles. The zero-order valence-electron chi connectivity index (χ0n) is 22.5. The number of carbonyl (C=O) groups excluding carboxylic acids is 1. The van der Waals surface area contributed by atoms with Gasteiger partial charge < -0.3 is 15.1 Å². The van der Waals surface area contributed by atoms with Gasteiger partial charge in [0.05, 0.1) is 12.6 Å². The molecule has 1 unspecified atom stereocenters. The summed E-state index contributed by atoms with van der Waals surface area (Å²) in [5.41, 5.74) is 9.58. The number of hydrogen-bond donors (Lipinski definition) is 1. The van der Waals surface area contributed by atoms with E-state index in [9.17, 15) is 9.59 Å². The summed E-state index contributed by atoms with van der Waals surface area (Å²) < 4.78 is 7.68. The summed E-state index contributed by atoms with van der Waals surface area (Å²) in [6.07, 6.45) is 2.14. The summed E-state index contributed by atoms with van der Waals surface area (Å²) in [7, 11) is 0. The predicted octanol–water partition coefficient (Wildman–Crippen LogP) is 5.83. The lowest BCUT2D eigenvalue weighted by molar-refractivity contribution is 0.0653. The van der Waals surface area contributed by atoms with Crippen LogP contribution in [0.5, 0.6) is 0 Å². The maximum atomic E-state index is 14.0. The number of benzene rings is 3. The van der Waals surface area contributed by atoms with Crippen LogP contribution in [0.15, 0.2) is 88.1 Å². The topological polar surface area (TPSA) is 94.4 Å². The van der Waals surface area contributed by atoms with Gasteiger partial charge >= 0.3 is 0 Å². The first-order chi connectivity index (χ1) is 19.0. The number of para-hydroxylation sites is 1. The summed E-state index contributed by atoms with van der Waals surface area (Å²) in [5, 5.41) is 0.784. The van der Waals surface area contributed by atoms with E-state index in [1.54, 1.807) is 4.57 Å². The van der Waals surface area contributed by atoms with Crippen molar-refractivity contribution < 1.29 is 9.21 Å². The smallest absolute Gasteiger partial charge is 0.297 e. The highest BCUT2D eigenvalue weighted by Crippen LogP contribution is 2.30. The standard InChI is InChI=1S/C32H34N4O3/c1-3-26(35(20-10-9-19-33)31(37)24-17-15-22(2)16-18-24)30-34-28-25-13-7-8-14-27(25)39-29(28)32(38)36(30)21-23-11-5-4-6-12-23/h4-8,11-18,26H,3,9-10,19-21,33H2,1-2H3. The highest BCUT2D eigenvalue weighted by molar-refractivity contribution is 6.02. The molecule has 0 spiro atoms. The van der Waals surface area contributed by atoms with E-state index in [1.165, 1.54) is 0 Å². The lowest BCUT2D eigenvalue weighted by Crippen LogP contribution is -2.39. The van der Waals surface area contributed by atoms with Crippen LogP contribution in [0.4, 0.5) is 0 Å². The molecule has 5 aromatic rings. The Morgan fingerprint density at radius 1 is 1.00 bits per heavy atom. The second-order valence-electron chi connectivity index (χ2n) is 9.91. The third-order valence-electron chi connectivity index (χ3n) is 7.17. The lowest BCUT2D eigenvalue weighted by atomic mass is 10.1. The zero-order valence-corrected chi connectivity index (χ0v) is 22.5. The lowest BCUT2D eigenvalue weighted by Gasteiger charge is -2.32. The Labute approximate surface area is 227 Å². The van der Waals surface area contributed by atoms with Crippen molar-refractivity contribution >= 4 is 28.0 Å². The van der Waals surface area contributed by atoms with Gasteiger partial charge in [-0.15, -0.1) is 0 Å². The van der Waals surface area contributed by atoms with Gasteiger partial charge in [-0.1, -0.05) is 67.1 Å². The number of rotatable bonds is 10. The fourth-order valence-corrected chi connectivity index (χ4v) is 5.09. The van der Waals surface area contributed by atoms with Gasteiger partial charge in [0.15, 0.2) is 0 Å². The average molecular weight is 523 g/mol. The summed E-state index contributed by atoms with van der Waals surface area (Å²) in [5.74, 6) is 0.468. The molecule has 1 amide bonds. The number of aryl methyl sites for hydroxylation is 1. The largest absolute Gasteiger partial charge is 0.448 e. The van der Waals surface area contributed by atoms with Gasteiger partial charge in [0, 0.05) is 17.5 Å². The number of fused-ring (bicyclic) bond motifs is 3. The van der Waals surface area contributed by atoms with Crippen LogP contribution < -0.4 is 11.3 Å². The van der Waals surface area contributed by atoms with E-state index in [1.807, 2.05) is 97.6 Å². The number of nitrogens with two attached hydrogens (primary N) is 1. The molecule has 0 fully saturated rings. The maximum absolute atomic E-state index is 14.0. The van der Waals surface area contributed by atoms with E-state index in [0.717, 1.165) is 29.4 Å². The normalized spacial score (nSPS) is 12.2. The second-order valence-corrected chi connectivity index (χ2v) is 9.91. The van der Waals surface area contributed by atoms with Crippen molar-refractivity contribution in [3.63, 3.8) is 0 Å². The number of nitrogens with zero attached hydrogens (tertiary/aromatic N) is 3. The van der Waals surface area contributed by atoms with E-state index in [-0.39, 0.29) is 17.0 Å². The number of unbranched alkanes of at least 4 members (excludes halogenated alkanes) is 1. The molecule has 7 heteroatoms. The molecule has 1 atom stereocenters. The summed E-state index contributed by atoms with van der Waals surface area (Å²) >= 11 is 0. The minimum atomic E-state index is -0.425. The number of aromatic nitrogens is 2. The fraction of sp³-hybridized carbons (Fsp3) is 0.281. The van der Waals surface area contributed by atoms with Crippen LogP contribution in [0, 0.1) is 6.92 Å². The van der Waals surface area contributed by atoms with Gasteiger partial charge in [-0.05, 0) is 62.6 Å². The van der Waals surface area contributed by atoms with Crippen molar-refractivity contribution in [2.75, 3.05) is 13.1 Å². The fourth-order valence-electron chi connectivity index (χ4n) is 5.09. The predicted molar refractivity (Wildman–Crippen MR) is 155 cm³/mol. The maximum Gasteiger partial charge on any atom is 0.297 e. The molecular weight excluding hydrogens is 488 g/mol. The molecule has 2 heterocycles. The van der Waals surface area contributed by atoms with Crippen molar-refractivity contribution in [3.8, 4) is 0 Å². The SMILES string of the molecule is CCC(c1nc2c(oc3ccccc32)c(=O)n1Cc1ccccc1)N(CCCCN)C(=O)c1ccc(C)cc1. The van der Waals surface area contributed by atoms with Crippen LogP contribution in [-0.4, -0.2) is 33.4 Å². The Bertz CT molecular complexity index is 1640. The van der Waals surface area contributed by atoms with Gasteiger partial charge in [-0.25, -0.2) is 4.98 Å². The van der Waals surface area contributed by atoms with Crippen LogP contribution in [0.1, 0.15) is 59.5 Å². The van der Waals surface area contributed by atoms with E-state index in [2.05, 4.69) is 0 Å². The van der Waals surface area contributed by atoms with Crippen molar-refractivity contribution in [2.24, 2.45) is 5.73 Å². The van der Waals surface area contributed by atoms with Crippen molar-refractivity contribution in [1.82, 2.24) is 14.5 Å². The van der Waals surface area contributed by atoms with Crippen LogP contribution in [0.2, 0.25) is 0 Å². The van der Waals surface area contributed by atoms with Gasteiger partial charge in [-0.2, -0.15) is 0 Å². The minimum Gasteiger partial charge on any atom is -0.448 e. The molecule has 5 rings (SSSR count).